The number of aryl methyl sites for hydroxylation is 1. The molecule has 0 saturated carbocycles. The molecule has 0 atom stereocenters. The van der Waals surface area contributed by atoms with Crippen molar-refractivity contribution in [3.8, 4) is 0 Å². The second-order valence-electron chi connectivity index (χ2n) is 4.02. The van der Waals surface area contributed by atoms with Gasteiger partial charge in [0.05, 0.1) is 6.54 Å². The summed E-state index contributed by atoms with van der Waals surface area (Å²) in [7, 11) is -1.98. The highest BCUT2D eigenvalue weighted by molar-refractivity contribution is 7.92. The van der Waals surface area contributed by atoms with E-state index in [1.165, 1.54) is 6.07 Å². The molecule has 0 aliphatic carbocycles. The van der Waals surface area contributed by atoms with Crippen molar-refractivity contribution >= 4 is 15.8 Å². The van der Waals surface area contributed by atoms with Crippen molar-refractivity contribution in [2.24, 2.45) is 0 Å². The summed E-state index contributed by atoms with van der Waals surface area (Å²) in [4.78, 5) is 4.08. The van der Waals surface area contributed by atoms with Crippen molar-refractivity contribution in [3.63, 3.8) is 0 Å². The lowest BCUT2D eigenvalue weighted by molar-refractivity contribution is 0.408. The lowest BCUT2D eigenvalue weighted by atomic mass is 10.4. The van der Waals surface area contributed by atoms with Gasteiger partial charge in [0, 0.05) is 5.69 Å². The van der Waals surface area contributed by atoms with Crippen LogP contribution in [0.3, 0.4) is 0 Å². The molecule has 2 heterocycles. The van der Waals surface area contributed by atoms with Crippen molar-refractivity contribution in [1.82, 2.24) is 10.3 Å². The van der Waals surface area contributed by atoms with Gasteiger partial charge in [0.25, 0.3) is 10.0 Å². The van der Waals surface area contributed by atoms with Crippen molar-refractivity contribution in [1.29, 1.82) is 0 Å². The van der Waals surface area contributed by atoms with Gasteiger partial charge >= 0.3 is 0 Å². The summed E-state index contributed by atoms with van der Waals surface area (Å²) in [6.07, 6.45) is 0. The number of rotatable bonds is 5. The van der Waals surface area contributed by atoms with Crippen LogP contribution in [0.15, 0.2) is 39.8 Å². The molecular weight excluding hydrogens is 266 g/mol. The number of anilines is 1. The Kier molecular flexibility index (Phi) is 3.87. The Bertz CT molecular complexity index is 664. The number of nitrogens with zero attached hydrogens (tertiary/aromatic N) is 1. The first-order valence-electron chi connectivity index (χ1n) is 5.71. The zero-order chi connectivity index (χ0) is 13.9. The molecule has 0 radical (unpaired) electrons. The van der Waals surface area contributed by atoms with Crippen LogP contribution in [0, 0.1) is 6.92 Å². The summed E-state index contributed by atoms with van der Waals surface area (Å²) in [5.74, 6) is 0.826. The number of nitrogens with one attached hydrogen (secondary N) is 2. The van der Waals surface area contributed by atoms with Crippen molar-refractivity contribution in [3.05, 3.63) is 41.8 Å². The van der Waals surface area contributed by atoms with E-state index in [-0.39, 0.29) is 10.9 Å². The molecule has 2 rings (SSSR count). The quantitative estimate of drug-likeness (QED) is 0.867. The standard InChI is InChI=1S/C12H15N3O3S/c1-9-4-3-5-11(14-9)15-19(16,17)12-7-6-10(18-12)8-13-2/h3-7,13H,8H2,1-2H3,(H,14,15). The first-order valence-corrected chi connectivity index (χ1v) is 7.19. The Balaban J connectivity index is 2.22. The molecule has 6 nitrogen and oxygen atoms in total. The second kappa shape index (κ2) is 5.41. The highest BCUT2D eigenvalue weighted by atomic mass is 32.2. The Morgan fingerprint density at radius 2 is 2.05 bits per heavy atom. The summed E-state index contributed by atoms with van der Waals surface area (Å²) in [5, 5.41) is 2.76. The molecule has 0 aromatic carbocycles. The molecule has 0 saturated heterocycles. The molecule has 0 amide bonds. The summed E-state index contributed by atoms with van der Waals surface area (Å²) >= 11 is 0. The van der Waals surface area contributed by atoms with Gasteiger partial charge in [-0.25, -0.2) is 4.98 Å². The first kappa shape index (κ1) is 13.6. The Hall–Kier alpha value is -1.86. The minimum Gasteiger partial charge on any atom is -0.446 e. The third-order valence-corrected chi connectivity index (χ3v) is 3.61. The third kappa shape index (κ3) is 3.33. The predicted molar refractivity (Wildman–Crippen MR) is 71.3 cm³/mol. The molecule has 2 aromatic heterocycles. The normalized spacial score (nSPS) is 11.5. The highest BCUT2D eigenvalue weighted by Crippen LogP contribution is 2.17. The molecule has 19 heavy (non-hydrogen) atoms. The van der Waals surface area contributed by atoms with Crippen molar-refractivity contribution in [2.45, 2.75) is 18.6 Å². The Labute approximate surface area is 111 Å². The second-order valence-corrected chi connectivity index (χ2v) is 5.63. The van der Waals surface area contributed by atoms with Gasteiger partial charge in [-0.2, -0.15) is 8.42 Å². The van der Waals surface area contributed by atoms with Gasteiger partial charge in [-0.3, -0.25) is 4.72 Å². The maximum Gasteiger partial charge on any atom is 0.296 e. The van der Waals surface area contributed by atoms with E-state index in [4.69, 9.17) is 4.42 Å². The van der Waals surface area contributed by atoms with Gasteiger partial charge in [-0.05, 0) is 38.2 Å². The first-order chi connectivity index (χ1) is 9.01. The molecular formula is C12H15N3O3S. The van der Waals surface area contributed by atoms with Gasteiger partial charge in [-0.15, -0.1) is 0 Å². The molecule has 2 aromatic rings. The lowest BCUT2D eigenvalue weighted by Crippen LogP contribution is -2.13. The fourth-order valence-corrected chi connectivity index (χ4v) is 2.51. The molecule has 0 aliphatic rings. The highest BCUT2D eigenvalue weighted by Gasteiger charge is 2.19. The van der Waals surface area contributed by atoms with Gasteiger partial charge < -0.3 is 9.73 Å². The fraction of sp³-hybridized carbons (Fsp3) is 0.250. The van der Waals surface area contributed by atoms with Crippen LogP contribution < -0.4 is 10.0 Å². The van der Waals surface area contributed by atoms with E-state index in [2.05, 4.69) is 15.0 Å². The topological polar surface area (TPSA) is 84.2 Å². The molecule has 0 aliphatic heterocycles. The van der Waals surface area contributed by atoms with E-state index in [0.29, 0.717) is 12.3 Å². The van der Waals surface area contributed by atoms with Gasteiger partial charge in [0.15, 0.2) is 0 Å². The van der Waals surface area contributed by atoms with Crippen LogP contribution >= 0.6 is 0 Å². The van der Waals surface area contributed by atoms with Crippen molar-refractivity contribution in [2.75, 3.05) is 11.8 Å². The van der Waals surface area contributed by atoms with Crippen LogP contribution in [0.1, 0.15) is 11.5 Å². The predicted octanol–water partition coefficient (Wildman–Crippen LogP) is 1.50. The maximum atomic E-state index is 12.1. The Morgan fingerprint density at radius 3 is 2.74 bits per heavy atom. The van der Waals surface area contributed by atoms with Crippen LogP contribution in [-0.4, -0.2) is 20.4 Å². The minimum absolute atomic E-state index is 0.124. The molecule has 0 spiro atoms. The number of pyridine rings is 1. The van der Waals surface area contributed by atoms with E-state index >= 15 is 0 Å². The number of hydrogen-bond acceptors (Lipinski definition) is 5. The van der Waals surface area contributed by atoms with Crippen molar-refractivity contribution < 1.29 is 12.8 Å². The SMILES string of the molecule is CNCc1ccc(S(=O)(=O)Nc2cccc(C)n2)o1. The Morgan fingerprint density at radius 1 is 1.26 bits per heavy atom. The van der Waals surface area contributed by atoms with E-state index < -0.39 is 10.0 Å². The molecule has 0 unspecified atom stereocenters. The van der Waals surface area contributed by atoms with Crippen LogP contribution in [0.4, 0.5) is 5.82 Å². The smallest absolute Gasteiger partial charge is 0.296 e. The van der Waals surface area contributed by atoms with E-state index in [9.17, 15) is 8.42 Å². The average molecular weight is 281 g/mol. The van der Waals surface area contributed by atoms with Crippen LogP contribution in [0.25, 0.3) is 0 Å². The number of furan rings is 1. The zero-order valence-corrected chi connectivity index (χ0v) is 11.5. The van der Waals surface area contributed by atoms with E-state index in [1.54, 1.807) is 38.2 Å². The molecule has 0 bridgehead atoms. The lowest BCUT2D eigenvalue weighted by Gasteiger charge is -2.05. The van der Waals surface area contributed by atoms with Gasteiger partial charge in [0.1, 0.15) is 11.6 Å². The minimum atomic E-state index is -3.73. The molecule has 2 N–H and O–H groups in total. The fourth-order valence-electron chi connectivity index (χ4n) is 1.56. The summed E-state index contributed by atoms with van der Waals surface area (Å²) in [6.45, 7) is 2.26. The number of sulfonamides is 1. The summed E-state index contributed by atoms with van der Waals surface area (Å²) in [5.41, 5.74) is 0.732. The van der Waals surface area contributed by atoms with E-state index in [0.717, 1.165) is 5.69 Å². The summed E-state index contributed by atoms with van der Waals surface area (Å²) in [6, 6.07) is 8.14. The third-order valence-electron chi connectivity index (χ3n) is 2.38. The maximum absolute atomic E-state index is 12.1. The zero-order valence-electron chi connectivity index (χ0n) is 10.7. The molecule has 0 fully saturated rings. The van der Waals surface area contributed by atoms with Gasteiger partial charge in [-0.1, -0.05) is 6.07 Å². The van der Waals surface area contributed by atoms with Gasteiger partial charge in [0.2, 0.25) is 5.09 Å². The molecule has 7 heteroatoms. The summed E-state index contributed by atoms with van der Waals surface area (Å²) < 4.78 is 31.8. The van der Waals surface area contributed by atoms with Crippen LogP contribution in [0.5, 0.6) is 0 Å². The molecule has 102 valence electrons. The monoisotopic (exact) mass is 281 g/mol. The van der Waals surface area contributed by atoms with E-state index in [1.807, 2.05) is 0 Å². The number of hydrogen-bond donors (Lipinski definition) is 2. The van der Waals surface area contributed by atoms with Crippen LogP contribution in [0.2, 0.25) is 0 Å². The van der Waals surface area contributed by atoms with Crippen LogP contribution in [-0.2, 0) is 16.6 Å². The number of aromatic nitrogens is 1. The largest absolute Gasteiger partial charge is 0.446 e. The average Bonchev–Trinajstić information content (AvgIpc) is 2.78.